The van der Waals surface area contributed by atoms with Crippen molar-refractivity contribution in [1.82, 2.24) is 5.06 Å². The van der Waals surface area contributed by atoms with Crippen molar-refractivity contribution in [2.24, 2.45) is 0 Å². The molecule has 0 aliphatic heterocycles. The molecular weight excluding hydrogens is 472 g/mol. The molecule has 0 radical (unpaired) electrons. The van der Waals surface area contributed by atoms with Gasteiger partial charge < -0.3 is 13.9 Å². The molecule has 0 aliphatic carbocycles. The van der Waals surface area contributed by atoms with Gasteiger partial charge in [-0.2, -0.15) is 5.26 Å². The van der Waals surface area contributed by atoms with Crippen LogP contribution in [0.3, 0.4) is 0 Å². The maximum atomic E-state index is 11.6. The van der Waals surface area contributed by atoms with Gasteiger partial charge in [-0.15, -0.1) is 0 Å². The molecule has 1 unspecified atom stereocenters. The summed E-state index contributed by atoms with van der Waals surface area (Å²) in [6.07, 6.45) is 1.35. The van der Waals surface area contributed by atoms with E-state index in [0.717, 1.165) is 22.1 Å². The number of ether oxygens (including phenoxy) is 2. The van der Waals surface area contributed by atoms with E-state index in [-0.39, 0.29) is 6.61 Å². The SMILES string of the molecule is Cc1cc(=O)oc2cc(OCCCC(COc3ccc(-c4ccc(C#N)cc4)cc3)N(O)C=O)ccc12. The number of benzene rings is 3. The average Bonchev–Trinajstić information content (AvgIpc) is 2.92. The highest BCUT2D eigenvalue weighted by molar-refractivity contribution is 5.81. The van der Waals surface area contributed by atoms with Crippen LogP contribution in [0.1, 0.15) is 24.0 Å². The molecule has 3 aromatic carbocycles. The Balaban J connectivity index is 1.30. The molecule has 0 bridgehead atoms. The van der Waals surface area contributed by atoms with E-state index in [9.17, 15) is 14.8 Å². The minimum Gasteiger partial charge on any atom is -0.493 e. The highest BCUT2D eigenvalue weighted by Crippen LogP contribution is 2.24. The molecule has 0 saturated carbocycles. The predicted molar refractivity (Wildman–Crippen MR) is 138 cm³/mol. The van der Waals surface area contributed by atoms with Crippen molar-refractivity contribution in [2.75, 3.05) is 13.2 Å². The molecule has 0 aliphatic rings. The van der Waals surface area contributed by atoms with Crippen LogP contribution in [0.15, 0.2) is 82.0 Å². The Labute approximate surface area is 213 Å². The molecule has 1 N–H and O–H groups in total. The van der Waals surface area contributed by atoms with Crippen LogP contribution in [-0.4, -0.2) is 35.9 Å². The predicted octanol–water partition coefficient (Wildman–Crippen LogP) is 5.09. The number of hydrogen-bond acceptors (Lipinski definition) is 7. The first-order valence-corrected chi connectivity index (χ1v) is 11.8. The third kappa shape index (κ3) is 6.54. The van der Waals surface area contributed by atoms with E-state index in [1.807, 2.05) is 49.4 Å². The van der Waals surface area contributed by atoms with Crippen LogP contribution in [0.4, 0.5) is 0 Å². The Bertz CT molecular complexity index is 1460. The Hall–Kier alpha value is -4.61. The molecule has 1 heterocycles. The van der Waals surface area contributed by atoms with Gasteiger partial charge in [-0.1, -0.05) is 24.3 Å². The standard InChI is InChI=1S/C29H26N2O6/c1-20-15-29(33)37-28-16-26(12-13-27(20)28)35-14-2-3-24(31(34)19-32)18-36-25-10-8-23(9-11-25)22-6-4-21(17-30)5-7-22/h4-13,15-16,19,24,34H,2-3,14,18H2,1H3. The van der Waals surface area contributed by atoms with Crippen LogP contribution in [0, 0.1) is 18.3 Å². The third-order valence-corrected chi connectivity index (χ3v) is 6.00. The summed E-state index contributed by atoms with van der Waals surface area (Å²) in [6.45, 7) is 2.29. The maximum absolute atomic E-state index is 11.6. The van der Waals surface area contributed by atoms with E-state index in [0.29, 0.717) is 53.6 Å². The lowest BCUT2D eigenvalue weighted by atomic mass is 10.0. The Morgan fingerprint density at radius 1 is 1.00 bits per heavy atom. The lowest BCUT2D eigenvalue weighted by Crippen LogP contribution is -2.36. The molecule has 188 valence electrons. The van der Waals surface area contributed by atoms with Gasteiger partial charge in [0.2, 0.25) is 6.41 Å². The van der Waals surface area contributed by atoms with Gasteiger partial charge in [0.05, 0.1) is 24.3 Å². The van der Waals surface area contributed by atoms with Crippen molar-refractivity contribution in [1.29, 1.82) is 5.26 Å². The number of hydrogen-bond donors (Lipinski definition) is 1. The number of nitriles is 1. The molecule has 37 heavy (non-hydrogen) atoms. The molecule has 4 rings (SSSR count). The van der Waals surface area contributed by atoms with Crippen LogP contribution in [0.25, 0.3) is 22.1 Å². The fourth-order valence-electron chi connectivity index (χ4n) is 3.96. The lowest BCUT2D eigenvalue weighted by molar-refractivity contribution is -0.163. The summed E-state index contributed by atoms with van der Waals surface area (Å²) in [7, 11) is 0. The van der Waals surface area contributed by atoms with Crippen molar-refractivity contribution >= 4 is 17.4 Å². The summed E-state index contributed by atoms with van der Waals surface area (Å²) in [5, 5.41) is 20.4. The zero-order chi connectivity index (χ0) is 26.2. The second kappa shape index (κ2) is 11.9. The van der Waals surface area contributed by atoms with E-state index in [1.165, 1.54) is 6.07 Å². The number of nitrogens with zero attached hydrogens (tertiary/aromatic N) is 2. The van der Waals surface area contributed by atoms with Gasteiger partial charge in [-0.3, -0.25) is 10.0 Å². The van der Waals surface area contributed by atoms with Gasteiger partial charge in [-0.25, -0.2) is 9.86 Å². The second-order valence-electron chi connectivity index (χ2n) is 8.56. The number of aryl methyl sites for hydroxylation is 1. The summed E-state index contributed by atoms with van der Waals surface area (Å²) in [6, 6.07) is 23.1. The van der Waals surface area contributed by atoms with Crippen LogP contribution < -0.4 is 15.1 Å². The third-order valence-electron chi connectivity index (χ3n) is 6.00. The van der Waals surface area contributed by atoms with Crippen molar-refractivity contribution in [3.05, 3.63) is 94.3 Å². The quantitative estimate of drug-likeness (QED) is 0.101. The average molecular weight is 499 g/mol. The number of fused-ring (bicyclic) bond motifs is 1. The van der Waals surface area contributed by atoms with Crippen molar-refractivity contribution < 1.29 is 23.9 Å². The number of hydroxylamine groups is 2. The molecule has 1 amide bonds. The van der Waals surface area contributed by atoms with E-state index < -0.39 is 11.7 Å². The number of amides is 1. The van der Waals surface area contributed by atoms with Gasteiger partial charge in [-0.05, 0) is 72.9 Å². The molecule has 0 saturated heterocycles. The maximum Gasteiger partial charge on any atom is 0.336 e. The molecule has 0 fully saturated rings. The van der Waals surface area contributed by atoms with Crippen molar-refractivity contribution in [3.8, 4) is 28.7 Å². The summed E-state index contributed by atoms with van der Waals surface area (Å²) in [4.78, 5) is 22.8. The highest BCUT2D eigenvalue weighted by Gasteiger charge is 2.16. The molecule has 1 aromatic heterocycles. The zero-order valence-corrected chi connectivity index (χ0v) is 20.3. The van der Waals surface area contributed by atoms with Crippen molar-refractivity contribution in [2.45, 2.75) is 25.8 Å². The largest absolute Gasteiger partial charge is 0.493 e. The first-order chi connectivity index (χ1) is 18.0. The minimum atomic E-state index is -0.559. The fraction of sp³-hybridized carbons (Fsp3) is 0.207. The second-order valence-corrected chi connectivity index (χ2v) is 8.56. The molecule has 1 atom stereocenters. The number of carbonyl (C=O) groups excluding carboxylic acids is 1. The Morgan fingerprint density at radius 3 is 2.35 bits per heavy atom. The summed E-state index contributed by atoms with van der Waals surface area (Å²) >= 11 is 0. The molecule has 0 spiro atoms. The van der Waals surface area contributed by atoms with Crippen molar-refractivity contribution in [3.63, 3.8) is 0 Å². The first kappa shape index (κ1) is 25.5. The Kier molecular flexibility index (Phi) is 8.18. The summed E-state index contributed by atoms with van der Waals surface area (Å²) in [5.74, 6) is 1.17. The van der Waals surface area contributed by atoms with E-state index >= 15 is 0 Å². The summed E-state index contributed by atoms with van der Waals surface area (Å²) < 4.78 is 16.8. The lowest BCUT2D eigenvalue weighted by Gasteiger charge is -2.23. The van der Waals surface area contributed by atoms with Crippen LogP contribution >= 0.6 is 0 Å². The van der Waals surface area contributed by atoms with E-state index in [4.69, 9.17) is 19.2 Å². The summed E-state index contributed by atoms with van der Waals surface area (Å²) in [5.41, 5.74) is 3.44. The van der Waals surface area contributed by atoms with E-state index in [2.05, 4.69) is 6.07 Å². The monoisotopic (exact) mass is 498 g/mol. The fourth-order valence-corrected chi connectivity index (χ4v) is 3.96. The number of carbonyl (C=O) groups is 1. The number of rotatable bonds is 11. The van der Waals surface area contributed by atoms with E-state index in [1.54, 1.807) is 24.3 Å². The minimum absolute atomic E-state index is 0.103. The van der Waals surface area contributed by atoms with Crippen LogP contribution in [0.2, 0.25) is 0 Å². The molecule has 8 nitrogen and oxygen atoms in total. The van der Waals surface area contributed by atoms with Gasteiger partial charge in [0.25, 0.3) is 0 Å². The topological polar surface area (TPSA) is 113 Å². The zero-order valence-electron chi connectivity index (χ0n) is 20.3. The smallest absolute Gasteiger partial charge is 0.336 e. The highest BCUT2D eigenvalue weighted by atomic mass is 16.5. The van der Waals surface area contributed by atoms with Gasteiger partial charge in [0.15, 0.2) is 0 Å². The van der Waals surface area contributed by atoms with Crippen LogP contribution in [-0.2, 0) is 4.79 Å². The normalized spacial score (nSPS) is 11.5. The van der Waals surface area contributed by atoms with Gasteiger partial charge in [0.1, 0.15) is 23.7 Å². The van der Waals surface area contributed by atoms with Gasteiger partial charge >= 0.3 is 5.63 Å². The first-order valence-electron chi connectivity index (χ1n) is 11.8. The Morgan fingerprint density at radius 2 is 1.68 bits per heavy atom. The van der Waals surface area contributed by atoms with Crippen LogP contribution in [0.5, 0.6) is 11.5 Å². The molecular formula is C29H26N2O6. The van der Waals surface area contributed by atoms with Gasteiger partial charge in [0, 0.05) is 17.5 Å². The molecule has 8 heteroatoms. The molecule has 4 aromatic rings.